The third-order valence-corrected chi connectivity index (χ3v) is 3.51. The standard InChI is InChI=1S/C11H23NO/c1-8-10(13)6-9(7-12(8)5)11(2,3)4/h8-10,13H,6-7H2,1-5H3/t8-,9-,10+/m1/s1. The van der Waals surface area contributed by atoms with E-state index in [4.69, 9.17) is 0 Å². The molecule has 0 aromatic carbocycles. The smallest absolute Gasteiger partial charge is 0.0695 e. The van der Waals surface area contributed by atoms with Gasteiger partial charge in [-0.1, -0.05) is 20.8 Å². The number of hydrogen-bond donors (Lipinski definition) is 1. The van der Waals surface area contributed by atoms with Gasteiger partial charge in [0.25, 0.3) is 0 Å². The van der Waals surface area contributed by atoms with Gasteiger partial charge in [0.05, 0.1) is 6.10 Å². The molecule has 0 aromatic heterocycles. The maximum Gasteiger partial charge on any atom is 0.0695 e. The minimum Gasteiger partial charge on any atom is -0.391 e. The summed E-state index contributed by atoms with van der Waals surface area (Å²) in [5.74, 6) is 0.615. The molecule has 1 rings (SSSR count). The molecule has 0 aliphatic carbocycles. The Balaban J connectivity index is 2.64. The van der Waals surface area contributed by atoms with E-state index in [1.165, 1.54) is 0 Å². The van der Waals surface area contributed by atoms with Crippen LogP contribution in [0, 0.1) is 11.3 Å². The predicted molar refractivity (Wildman–Crippen MR) is 55.7 cm³/mol. The molecule has 1 N–H and O–H groups in total. The van der Waals surface area contributed by atoms with Crippen molar-refractivity contribution in [2.45, 2.75) is 46.3 Å². The van der Waals surface area contributed by atoms with E-state index in [0.29, 0.717) is 17.4 Å². The summed E-state index contributed by atoms with van der Waals surface area (Å²) in [7, 11) is 2.10. The summed E-state index contributed by atoms with van der Waals surface area (Å²) in [6.07, 6.45) is 0.803. The molecule has 2 nitrogen and oxygen atoms in total. The van der Waals surface area contributed by atoms with Gasteiger partial charge in [0.1, 0.15) is 0 Å². The fraction of sp³-hybridized carbons (Fsp3) is 1.00. The molecule has 3 atom stereocenters. The molecule has 0 amide bonds. The first kappa shape index (κ1) is 11.0. The summed E-state index contributed by atoms with van der Waals surface area (Å²) in [4.78, 5) is 2.27. The van der Waals surface area contributed by atoms with E-state index in [0.717, 1.165) is 13.0 Å². The van der Waals surface area contributed by atoms with E-state index in [1.54, 1.807) is 0 Å². The highest BCUT2D eigenvalue weighted by Crippen LogP contribution is 2.34. The van der Waals surface area contributed by atoms with Crippen LogP contribution in [-0.2, 0) is 0 Å². The highest BCUT2D eigenvalue weighted by Gasteiger charge is 2.35. The van der Waals surface area contributed by atoms with Gasteiger partial charge in [0.2, 0.25) is 0 Å². The highest BCUT2D eigenvalue weighted by atomic mass is 16.3. The summed E-state index contributed by atoms with van der Waals surface area (Å²) in [6, 6.07) is 0.318. The van der Waals surface area contributed by atoms with Crippen molar-refractivity contribution in [3.63, 3.8) is 0 Å². The van der Waals surface area contributed by atoms with Gasteiger partial charge < -0.3 is 10.0 Å². The van der Waals surface area contributed by atoms with Crippen LogP contribution in [0.4, 0.5) is 0 Å². The number of aliphatic hydroxyl groups is 1. The van der Waals surface area contributed by atoms with Gasteiger partial charge >= 0.3 is 0 Å². The SMILES string of the molecule is C[C@@H]1[C@@H](O)C[C@@H](C(C)(C)C)CN1C. The van der Waals surface area contributed by atoms with Crippen molar-refractivity contribution >= 4 is 0 Å². The van der Waals surface area contributed by atoms with Crippen LogP contribution in [0.1, 0.15) is 34.1 Å². The highest BCUT2D eigenvalue weighted by molar-refractivity contribution is 4.88. The molecular weight excluding hydrogens is 162 g/mol. The van der Waals surface area contributed by atoms with Crippen LogP contribution in [0.5, 0.6) is 0 Å². The summed E-state index contributed by atoms with van der Waals surface area (Å²) >= 11 is 0. The van der Waals surface area contributed by atoms with Gasteiger partial charge in [-0.25, -0.2) is 0 Å². The Hall–Kier alpha value is -0.0800. The Morgan fingerprint density at radius 3 is 2.23 bits per heavy atom. The molecule has 78 valence electrons. The first-order chi connectivity index (χ1) is 5.82. The lowest BCUT2D eigenvalue weighted by molar-refractivity contribution is -0.0225. The van der Waals surface area contributed by atoms with Crippen molar-refractivity contribution in [1.29, 1.82) is 0 Å². The third-order valence-electron chi connectivity index (χ3n) is 3.51. The molecule has 0 aromatic rings. The lowest BCUT2D eigenvalue weighted by Crippen LogP contribution is -2.50. The molecule has 1 heterocycles. The molecule has 1 aliphatic rings. The largest absolute Gasteiger partial charge is 0.391 e. The van der Waals surface area contributed by atoms with Crippen LogP contribution >= 0.6 is 0 Å². The Bertz CT molecular complexity index is 161. The van der Waals surface area contributed by atoms with Crippen molar-refractivity contribution in [2.75, 3.05) is 13.6 Å². The van der Waals surface area contributed by atoms with Gasteiger partial charge in [-0.05, 0) is 31.7 Å². The van der Waals surface area contributed by atoms with Crippen LogP contribution in [0.25, 0.3) is 0 Å². The number of likely N-dealkylation sites (tertiary alicyclic amines) is 1. The van der Waals surface area contributed by atoms with Crippen molar-refractivity contribution in [3.8, 4) is 0 Å². The average molecular weight is 185 g/mol. The summed E-state index contributed by atoms with van der Waals surface area (Å²) in [5, 5.41) is 9.84. The third kappa shape index (κ3) is 2.44. The van der Waals surface area contributed by atoms with Gasteiger partial charge in [0, 0.05) is 12.6 Å². The zero-order chi connectivity index (χ0) is 10.2. The zero-order valence-corrected chi connectivity index (χ0v) is 9.54. The van der Waals surface area contributed by atoms with E-state index in [1.807, 2.05) is 0 Å². The summed E-state index contributed by atoms with van der Waals surface area (Å²) in [5.41, 5.74) is 0.315. The molecule has 0 radical (unpaired) electrons. The molecule has 0 unspecified atom stereocenters. The maximum atomic E-state index is 9.84. The molecule has 0 saturated carbocycles. The Morgan fingerprint density at radius 2 is 1.85 bits per heavy atom. The number of piperidine rings is 1. The molecule has 1 aliphatic heterocycles. The van der Waals surface area contributed by atoms with E-state index < -0.39 is 0 Å². The maximum absolute atomic E-state index is 9.84. The molecule has 0 spiro atoms. The first-order valence-electron chi connectivity index (χ1n) is 5.20. The van der Waals surface area contributed by atoms with Gasteiger partial charge in [-0.15, -0.1) is 0 Å². The quantitative estimate of drug-likeness (QED) is 0.621. The van der Waals surface area contributed by atoms with Crippen LogP contribution in [-0.4, -0.2) is 35.7 Å². The topological polar surface area (TPSA) is 23.5 Å². The second-order valence-electron chi connectivity index (χ2n) is 5.55. The second kappa shape index (κ2) is 3.58. The number of nitrogens with zero attached hydrogens (tertiary/aromatic N) is 1. The van der Waals surface area contributed by atoms with Gasteiger partial charge in [0.15, 0.2) is 0 Å². The van der Waals surface area contributed by atoms with Crippen LogP contribution in [0.2, 0.25) is 0 Å². The van der Waals surface area contributed by atoms with Crippen LogP contribution in [0.3, 0.4) is 0 Å². The van der Waals surface area contributed by atoms with Crippen LogP contribution in [0.15, 0.2) is 0 Å². The fourth-order valence-electron chi connectivity index (χ4n) is 2.00. The minimum atomic E-state index is -0.150. The van der Waals surface area contributed by atoms with Gasteiger partial charge in [-0.2, -0.15) is 0 Å². The monoisotopic (exact) mass is 185 g/mol. The van der Waals surface area contributed by atoms with Crippen molar-refractivity contribution < 1.29 is 5.11 Å². The number of aliphatic hydroxyl groups excluding tert-OH is 1. The van der Waals surface area contributed by atoms with Crippen molar-refractivity contribution in [2.24, 2.45) is 11.3 Å². The van der Waals surface area contributed by atoms with E-state index in [9.17, 15) is 5.11 Å². The lowest BCUT2D eigenvalue weighted by Gasteiger charge is -2.44. The number of rotatable bonds is 0. The fourth-order valence-corrected chi connectivity index (χ4v) is 2.00. The van der Waals surface area contributed by atoms with Crippen molar-refractivity contribution in [1.82, 2.24) is 4.90 Å². The van der Waals surface area contributed by atoms with Gasteiger partial charge in [-0.3, -0.25) is 0 Å². The zero-order valence-electron chi connectivity index (χ0n) is 9.54. The summed E-state index contributed by atoms with van der Waals surface area (Å²) < 4.78 is 0. The van der Waals surface area contributed by atoms with E-state index in [2.05, 4.69) is 39.6 Å². The first-order valence-corrected chi connectivity index (χ1v) is 5.20. The Labute approximate surface area is 81.9 Å². The molecular formula is C11H23NO. The lowest BCUT2D eigenvalue weighted by atomic mass is 9.74. The van der Waals surface area contributed by atoms with Crippen molar-refractivity contribution in [3.05, 3.63) is 0 Å². The number of hydrogen-bond acceptors (Lipinski definition) is 2. The predicted octanol–water partition coefficient (Wildman–Crippen LogP) is 1.73. The molecule has 1 fully saturated rings. The second-order valence-corrected chi connectivity index (χ2v) is 5.55. The number of likely N-dealkylation sites (N-methyl/N-ethyl adjacent to an activating group) is 1. The van der Waals surface area contributed by atoms with Crippen LogP contribution < -0.4 is 0 Å². The molecule has 13 heavy (non-hydrogen) atoms. The average Bonchev–Trinajstić information content (AvgIpc) is 1.97. The molecule has 2 heteroatoms. The minimum absolute atomic E-state index is 0.150. The Morgan fingerprint density at radius 1 is 1.31 bits per heavy atom. The molecule has 1 saturated heterocycles. The van der Waals surface area contributed by atoms with E-state index in [-0.39, 0.29) is 6.10 Å². The van der Waals surface area contributed by atoms with E-state index >= 15 is 0 Å². The Kier molecular flexibility index (Phi) is 3.03. The normalized spacial score (nSPS) is 37.8. The summed E-state index contributed by atoms with van der Waals surface area (Å²) in [6.45, 7) is 9.99. The molecule has 0 bridgehead atoms.